The van der Waals surface area contributed by atoms with E-state index in [1.165, 1.54) is 0 Å². The molecule has 1 saturated carbocycles. The highest BCUT2D eigenvalue weighted by Crippen LogP contribution is 2.56. The number of nitrogens with one attached hydrogen (secondary N) is 1. The van der Waals surface area contributed by atoms with Crippen LogP contribution in [0.1, 0.15) is 24.8 Å². The van der Waals surface area contributed by atoms with Gasteiger partial charge in [-0.05, 0) is 36.8 Å². The van der Waals surface area contributed by atoms with Gasteiger partial charge in [-0.3, -0.25) is 4.90 Å². The van der Waals surface area contributed by atoms with Gasteiger partial charge >= 0.3 is 15.5 Å². The third-order valence-electron chi connectivity index (χ3n) is 7.33. The maximum absolute atomic E-state index is 15.6. The molecule has 10 heteroatoms. The SMILES string of the molecule is O=S(=O)(N[C@@H]1[C@H](Cc2cccc(-c3ccccc3)c2F)N(CC2CCO2)CC12CC2)C(F)(F)F. The first kappa shape index (κ1) is 23.7. The van der Waals surface area contributed by atoms with Crippen molar-refractivity contribution in [1.82, 2.24) is 9.62 Å². The second-order valence-electron chi connectivity index (χ2n) is 9.53. The zero-order chi connectivity index (χ0) is 24.1. The van der Waals surface area contributed by atoms with Gasteiger partial charge < -0.3 is 4.74 Å². The lowest BCUT2D eigenvalue weighted by Gasteiger charge is -2.35. The Morgan fingerprint density at radius 2 is 1.79 bits per heavy atom. The van der Waals surface area contributed by atoms with Crippen molar-refractivity contribution in [2.45, 2.75) is 49.4 Å². The zero-order valence-corrected chi connectivity index (χ0v) is 19.2. The molecule has 0 bridgehead atoms. The summed E-state index contributed by atoms with van der Waals surface area (Å²) in [4.78, 5) is 2.00. The van der Waals surface area contributed by atoms with Crippen molar-refractivity contribution in [1.29, 1.82) is 0 Å². The van der Waals surface area contributed by atoms with E-state index in [0.717, 1.165) is 6.42 Å². The molecule has 1 N–H and O–H groups in total. The molecule has 2 aliphatic heterocycles. The van der Waals surface area contributed by atoms with E-state index < -0.39 is 38.8 Å². The van der Waals surface area contributed by atoms with Gasteiger partial charge in [0.1, 0.15) is 5.82 Å². The van der Waals surface area contributed by atoms with E-state index in [-0.39, 0.29) is 12.5 Å². The average molecular weight is 499 g/mol. The van der Waals surface area contributed by atoms with E-state index in [2.05, 4.69) is 0 Å². The molecular weight excluding hydrogens is 472 g/mol. The predicted octanol–water partition coefficient (Wildman–Crippen LogP) is 4.10. The summed E-state index contributed by atoms with van der Waals surface area (Å²) in [5.74, 6) is -0.442. The van der Waals surface area contributed by atoms with Crippen LogP contribution in [0.5, 0.6) is 0 Å². The number of rotatable bonds is 7. The average Bonchev–Trinajstić information content (AvgIpc) is 3.48. The van der Waals surface area contributed by atoms with Crippen LogP contribution in [0.3, 0.4) is 0 Å². The summed E-state index contributed by atoms with van der Waals surface area (Å²) in [6, 6.07) is 12.4. The summed E-state index contributed by atoms with van der Waals surface area (Å²) < 4.78 is 87.0. The van der Waals surface area contributed by atoms with E-state index >= 15 is 4.39 Å². The first-order valence-corrected chi connectivity index (χ1v) is 12.9. The fourth-order valence-electron chi connectivity index (χ4n) is 5.25. The van der Waals surface area contributed by atoms with Gasteiger partial charge in [-0.1, -0.05) is 48.5 Å². The molecule has 2 aromatic rings. The van der Waals surface area contributed by atoms with Gasteiger partial charge in [0.05, 0.1) is 6.10 Å². The maximum Gasteiger partial charge on any atom is 0.511 e. The number of halogens is 4. The van der Waals surface area contributed by atoms with Crippen molar-refractivity contribution in [3.8, 4) is 11.1 Å². The minimum atomic E-state index is -5.54. The Hall–Kier alpha value is -2.01. The Morgan fingerprint density at radius 3 is 2.38 bits per heavy atom. The van der Waals surface area contributed by atoms with Crippen LogP contribution in [-0.4, -0.2) is 56.7 Å². The van der Waals surface area contributed by atoms with Crippen LogP contribution < -0.4 is 4.72 Å². The molecule has 184 valence electrons. The second-order valence-corrected chi connectivity index (χ2v) is 11.2. The van der Waals surface area contributed by atoms with Crippen LogP contribution in [0, 0.1) is 11.2 Å². The van der Waals surface area contributed by atoms with Crippen molar-refractivity contribution in [3.05, 3.63) is 59.9 Å². The highest BCUT2D eigenvalue weighted by molar-refractivity contribution is 7.90. The number of ether oxygens (including phenoxy) is 1. The lowest BCUT2D eigenvalue weighted by Crippen LogP contribution is -2.53. The van der Waals surface area contributed by atoms with E-state index in [4.69, 9.17) is 4.74 Å². The van der Waals surface area contributed by atoms with Gasteiger partial charge in [0.25, 0.3) is 0 Å². The number of hydrogen-bond acceptors (Lipinski definition) is 4. The van der Waals surface area contributed by atoms with E-state index in [1.807, 2.05) is 15.7 Å². The number of benzene rings is 2. The summed E-state index contributed by atoms with van der Waals surface area (Å²) >= 11 is 0. The highest BCUT2D eigenvalue weighted by atomic mass is 32.2. The van der Waals surface area contributed by atoms with Crippen LogP contribution in [0.4, 0.5) is 17.6 Å². The molecule has 2 saturated heterocycles. The van der Waals surface area contributed by atoms with Gasteiger partial charge in [0.15, 0.2) is 0 Å². The molecule has 34 heavy (non-hydrogen) atoms. The number of hydrogen-bond donors (Lipinski definition) is 1. The van der Waals surface area contributed by atoms with Crippen LogP contribution >= 0.6 is 0 Å². The normalized spacial score (nSPS) is 26.5. The Balaban J connectivity index is 1.48. The standard InChI is InChI=1S/C24H26F4N2O3S/c25-21-17(7-4-8-19(21)16-5-2-1-3-6-16)13-20-22(29-34(31,32)24(26,27)28)23(10-11-23)15-30(20)14-18-9-12-33-18/h1-8,18,20,22,29H,9-15H2/t18?,20-,22+/m0/s1. The Bertz CT molecular complexity index is 1150. The van der Waals surface area contributed by atoms with Crippen LogP contribution in [0.2, 0.25) is 0 Å². The van der Waals surface area contributed by atoms with Crippen LogP contribution in [0.25, 0.3) is 11.1 Å². The van der Waals surface area contributed by atoms with Crippen molar-refractivity contribution in [3.63, 3.8) is 0 Å². The molecule has 3 aliphatic rings. The maximum atomic E-state index is 15.6. The molecule has 5 rings (SSSR count). The van der Waals surface area contributed by atoms with E-state index in [9.17, 15) is 21.6 Å². The zero-order valence-electron chi connectivity index (χ0n) is 18.4. The Labute approximate surface area is 196 Å². The minimum Gasteiger partial charge on any atom is -0.377 e. The fourth-order valence-corrected chi connectivity index (χ4v) is 6.12. The summed E-state index contributed by atoms with van der Waals surface area (Å²) in [6.07, 6.45) is 2.14. The molecule has 2 aromatic carbocycles. The molecule has 1 unspecified atom stereocenters. The monoisotopic (exact) mass is 498 g/mol. The molecule has 2 heterocycles. The van der Waals surface area contributed by atoms with Gasteiger partial charge in [-0.15, -0.1) is 0 Å². The molecule has 3 atom stereocenters. The smallest absolute Gasteiger partial charge is 0.377 e. The quantitative estimate of drug-likeness (QED) is 0.585. The van der Waals surface area contributed by atoms with Gasteiger partial charge in [-0.2, -0.15) is 13.2 Å². The Morgan fingerprint density at radius 1 is 1.09 bits per heavy atom. The largest absolute Gasteiger partial charge is 0.511 e. The number of nitrogens with zero attached hydrogens (tertiary/aromatic N) is 1. The van der Waals surface area contributed by atoms with Crippen molar-refractivity contribution >= 4 is 10.0 Å². The van der Waals surface area contributed by atoms with Crippen LogP contribution in [-0.2, 0) is 21.2 Å². The summed E-state index contributed by atoms with van der Waals surface area (Å²) in [6.45, 7) is 1.57. The van der Waals surface area contributed by atoms with Gasteiger partial charge in [0, 0.05) is 42.8 Å². The summed E-state index contributed by atoms with van der Waals surface area (Å²) in [5, 5.41) is 0. The molecule has 5 nitrogen and oxygen atoms in total. The molecule has 0 amide bonds. The summed E-state index contributed by atoms with van der Waals surface area (Å²) in [7, 11) is -5.54. The topological polar surface area (TPSA) is 58.6 Å². The van der Waals surface area contributed by atoms with Crippen LogP contribution in [0.15, 0.2) is 48.5 Å². The molecule has 0 radical (unpaired) electrons. The fraction of sp³-hybridized carbons (Fsp3) is 0.500. The summed E-state index contributed by atoms with van der Waals surface area (Å²) in [5.41, 5.74) is -4.53. The molecule has 3 fully saturated rings. The third kappa shape index (κ3) is 4.36. The van der Waals surface area contributed by atoms with Gasteiger partial charge in [-0.25, -0.2) is 17.5 Å². The first-order valence-electron chi connectivity index (χ1n) is 11.4. The highest BCUT2D eigenvalue weighted by Gasteiger charge is 2.62. The minimum absolute atomic E-state index is 0.0447. The van der Waals surface area contributed by atoms with Crippen molar-refractivity contribution in [2.24, 2.45) is 5.41 Å². The van der Waals surface area contributed by atoms with Gasteiger partial charge in [0.2, 0.25) is 0 Å². The molecule has 1 aliphatic carbocycles. The van der Waals surface area contributed by atoms with E-state index in [1.54, 1.807) is 42.5 Å². The molecular formula is C24H26F4N2O3S. The lowest BCUT2D eigenvalue weighted by atomic mass is 9.91. The second kappa shape index (κ2) is 8.58. The number of alkyl halides is 3. The third-order valence-corrected chi connectivity index (χ3v) is 8.51. The lowest BCUT2D eigenvalue weighted by molar-refractivity contribution is -0.0690. The first-order chi connectivity index (χ1) is 16.1. The van der Waals surface area contributed by atoms with Crippen molar-refractivity contribution in [2.75, 3.05) is 19.7 Å². The molecule has 0 aromatic heterocycles. The number of likely N-dealkylation sites (tertiary alicyclic amines) is 1. The molecule has 1 spiro atoms. The predicted molar refractivity (Wildman–Crippen MR) is 119 cm³/mol. The van der Waals surface area contributed by atoms with E-state index in [0.29, 0.717) is 49.2 Å². The Kier molecular flexibility index (Phi) is 5.99. The van der Waals surface area contributed by atoms with Crippen molar-refractivity contribution < 1.29 is 30.7 Å². The number of sulfonamides is 1.